The minimum Gasteiger partial charge on any atom is -0.318 e. The molecule has 4 nitrogen and oxygen atoms in total. The number of amides is 1. The molecule has 5 heteroatoms. The fraction of sp³-hybridized carbons (Fsp3) is 0.394. The van der Waals surface area contributed by atoms with E-state index < -0.39 is 0 Å². The smallest absolute Gasteiger partial charge is 0.264 e. The van der Waals surface area contributed by atoms with Crippen LogP contribution in [0.5, 0.6) is 0 Å². The van der Waals surface area contributed by atoms with Crippen LogP contribution in [0, 0.1) is 38.5 Å². The van der Waals surface area contributed by atoms with E-state index in [0.29, 0.717) is 15.5 Å². The third kappa shape index (κ3) is 4.07. The van der Waals surface area contributed by atoms with E-state index in [4.69, 9.17) is 0 Å². The molecule has 1 aliphatic heterocycles. The number of nitrogens with one attached hydrogen (secondary N) is 1. The first-order valence-electron chi connectivity index (χ1n) is 14.0. The molecule has 0 radical (unpaired) electrons. The average molecular weight is 522 g/mol. The average Bonchev–Trinajstić information content (AvgIpc) is 3.37. The number of benzene rings is 2. The maximum atomic E-state index is 12.7. The summed E-state index contributed by atoms with van der Waals surface area (Å²) < 4.78 is 2.32. The highest BCUT2D eigenvalue weighted by molar-refractivity contribution is 8.18. The van der Waals surface area contributed by atoms with Crippen LogP contribution in [0.2, 0.25) is 0 Å². The lowest BCUT2D eigenvalue weighted by Crippen LogP contribution is -2.48. The number of hydrogen-bond donors (Lipinski definition) is 1. The summed E-state index contributed by atoms with van der Waals surface area (Å²) in [5, 5.41) is 3.56. The molecule has 2 heterocycles. The highest BCUT2D eigenvalue weighted by Gasteiger charge is 2.51. The van der Waals surface area contributed by atoms with Crippen molar-refractivity contribution < 1.29 is 4.79 Å². The van der Waals surface area contributed by atoms with Gasteiger partial charge in [-0.25, -0.2) is 4.99 Å². The predicted molar refractivity (Wildman–Crippen MR) is 157 cm³/mol. The van der Waals surface area contributed by atoms with Gasteiger partial charge in [0.05, 0.1) is 10.6 Å². The molecule has 1 saturated heterocycles. The first kappa shape index (κ1) is 24.0. The van der Waals surface area contributed by atoms with Gasteiger partial charge in [0.1, 0.15) is 0 Å². The Morgan fingerprint density at radius 1 is 0.947 bits per heavy atom. The summed E-state index contributed by atoms with van der Waals surface area (Å²) in [5.74, 6) is 2.78. The zero-order valence-electron chi connectivity index (χ0n) is 22.5. The number of nitrogens with zero attached hydrogens (tertiary/aromatic N) is 2. The van der Waals surface area contributed by atoms with Crippen molar-refractivity contribution in [3.8, 4) is 5.69 Å². The molecule has 4 bridgehead atoms. The molecule has 1 amide bonds. The Bertz CT molecular complexity index is 1460. The zero-order valence-corrected chi connectivity index (χ0v) is 23.3. The molecule has 194 valence electrons. The summed E-state index contributed by atoms with van der Waals surface area (Å²) in [7, 11) is 0. The molecule has 1 aromatic heterocycles. The topological polar surface area (TPSA) is 46.4 Å². The van der Waals surface area contributed by atoms with Gasteiger partial charge in [-0.15, -0.1) is 0 Å². The van der Waals surface area contributed by atoms with E-state index in [-0.39, 0.29) is 5.91 Å². The van der Waals surface area contributed by atoms with Gasteiger partial charge in [-0.1, -0.05) is 30.3 Å². The van der Waals surface area contributed by atoms with Gasteiger partial charge in [0, 0.05) is 17.1 Å². The number of thioether (sulfide) groups is 1. The third-order valence-corrected chi connectivity index (χ3v) is 10.4. The van der Waals surface area contributed by atoms with Crippen molar-refractivity contribution in [1.29, 1.82) is 0 Å². The van der Waals surface area contributed by atoms with Crippen LogP contribution >= 0.6 is 11.8 Å². The van der Waals surface area contributed by atoms with Crippen LogP contribution in [0.25, 0.3) is 11.8 Å². The molecule has 8 rings (SSSR count). The lowest BCUT2D eigenvalue weighted by molar-refractivity contribution is -0.115. The molecular formula is C33H35N3OS. The largest absolute Gasteiger partial charge is 0.318 e. The number of amidine groups is 1. The van der Waals surface area contributed by atoms with Crippen LogP contribution in [-0.4, -0.2) is 15.6 Å². The van der Waals surface area contributed by atoms with E-state index in [1.165, 1.54) is 61.7 Å². The zero-order chi connectivity index (χ0) is 26.0. The minimum atomic E-state index is -0.0907. The fourth-order valence-electron chi connectivity index (χ4n) is 8.18. The first-order chi connectivity index (χ1) is 18.4. The molecule has 1 N–H and O–H groups in total. The van der Waals surface area contributed by atoms with E-state index >= 15 is 0 Å². The third-order valence-electron chi connectivity index (χ3n) is 9.52. The van der Waals surface area contributed by atoms with Crippen molar-refractivity contribution in [3.63, 3.8) is 0 Å². The van der Waals surface area contributed by atoms with Crippen LogP contribution in [0.1, 0.15) is 66.6 Å². The molecule has 0 spiro atoms. The van der Waals surface area contributed by atoms with Crippen molar-refractivity contribution >= 4 is 34.6 Å². The summed E-state index contributed by atoms with van der Waals surface area (Å²) in [5.41, 5.74) is 8.55. The Morgan fingerprint density at radius 2 is 1.61 bits per heavy atom. The number of carbonyl (C=O) groups excluding carboxylic acids is 1. The normalized spacial score (nSPS) is 30.0. The van der Waals surface area contributed by atoms with E-state index in [0.717, 1.165) is 40.3 Å². The standard InChI is InChI=1S/C33H35N3OS/c1-20-6-4-5-7-29(20)34-32-35-31(37)30(38-32)16-26-12-21(2)36(22(26)3)28-10-8-27(9-11-28)33-17-23-13-24(18-33)15-25(14-23)19-33/h4-12,16,23-25H,13-15,17-19H2,1-3H3,(H,34,35,37)/b30-16-. The summed E-state index contributed by atoms with van der Waals surface area (Å²) in [6.07, 6.45) is 10.6. The Morgan fingerprint density at radius 3 is 2.26 bits per heavy atom. The second-order valence-corrected chi connectivity index (χ2v) is 13.2. The van der Waals surface area contributed by atoms with Crippen molar-refractivity contribution in [1.82, 2.24) is 9.88 Å². The van der Waals surface area contributed by atoms with Crippen molar-refractivity contribution in [3.05, 3.63) is 87.6 Å². The Hall–Kier alpha value is -3.05. The maximum absolute atomic E-state index is 12.7. The van der Waals surface area contributed by atoms with Crippen molar-refractivity contribution in [2.45, 2.75) is 64.7 Å². The number of carbonyl (C=O) groups is 1. The van der Waals surface area contributed by atoms with E-state index in [1.807, 2.05) is 37.3 Å². The highest BCUT2D eigenvalue weighted by atomic mass is 32.2. The maximum Gasteiger partial charge on any atom is 0.264 e. The number of aromatic nitrogens is 1. The number of hydrogen-bond acceptors (Lipinski definition) is 3. The van der Waals surface area contributed by atoms with Gasteiger partial charge < -0.3 is 9.88 Å². The number of para-hydroxylation sites is 1. The summed E-state index contributed by atoms with van der Waals surface area (Å²) in [4.78, 5) is 18.1. The summed E-state index contributed by atoms with van der Waals surface area (Å²) in [6.45, 7) is 6.32. The Labute approximate surface area is 229 Å². The van der Waals surface area contributed by atoms with Crippen molar-refractivity contribution in [2.75, 3.05) is 0 Å². The molecule has 4 aliphatic carbocycles. The molecular weight excluding hydrogens is 486 g/mol. The number of aryl methyl sites for hydroxylation is 2. The lowest BCUT2D eigenvalue weighted by atomic mass is 9.48. The summed E-state index contributed by atoms with van der Waals surface area (Å²) in [6, 6.07) is 19.6. The monoisotopic (exact) mass is 521 g/mol. The van der Waals surface area contributed by atoms with E-state index in [1.54, 1.807) is 5.56 Å². The van der Waals surface area contributed by atoms with Gasteiger partial charge in [0.25, 0.3) is 5.91 Å². The van der Waals surface area contributed by atoms with Crippen LogP contribution in [-0.2, 0) is 10.2 Å². The Balaban J connectivity index is 1.15. The SMILES string of the molecule is Cc1ccccc1N=C1NC(=O)/C(=C/c2cc(C)n(-c3ccc(C45CC6CC(CC(C6)C4)C5)cc3)c2C)S1. The summed E-state index contributed by atoms with van der Waals surface area (Å²) >= 11 is 1.41. The van der Waals surface area contributed by atoms with Gasteiger partial charge in [-0.05, 0) is 141 Å². The molecule has 5 aliphatic rings. The highest BCUT2D eigenvalue weighted by Crippen LogP contribution is 2.60. The number of rotatable bonds is 4. The van der Waals surface area contributed by atoms with E-state index in [2.05, 4.69) is 59.1 Å². The van der Waals surface area contributed by atoms with Gasteiger partial charge in [0.2, 0.25) is 0 Å². The van der Waals surface area contributed by atoms with Crippen LogP contribution in [0.3, 0.4) is 0 Å². The number of aliphatic imine (C=N–C) groups is 1. The van der Waals surface area contributed by atoms with Gasteiger partial charge in [0.15, 0.2) is 5.17 Å². The second kappa shape index (κ2) is 9.01. The van der Waals surface area contributed by atoms with Gasteiger partial charge in [-0.2, -0.15) is 0 Å². The molecule has 38 heavy (non-hydrogen) atoms. The first-order valence-corrected chi connectivity index (χ1v) is 14.8. The molecule has 0 unspecified atom stereocenters. The van der Waals surface area contributed by atoms with Crippen LogP contribution in [0.15, 0.2) is 64.5 Å². The van der Waals surface area contributed by atoms with E-state index in [9.17, 15) is 4.79 Å². The van der Waals surface area contributed by atoms with Crippen LogP contribution < -0.4 is 5.32 Å². The molecule has 0 atom stereocenters. The molecule has 3 aromatic rings. The quantitative estimate of drug-likeness (QED) is 0.357. The fourth-order valence-corrected chi connectivity index (χ4v) is 9.00. The molecule has 2 aromatic carbocycles. The van der Waals surface area contributed by atoms with Crippen LogP contribution in [0.4, 0.5) is 5.69 Å². The van der Waals surface area contributed by atoms with Gasteiger partial charge in [-0.3, -0.25) is 4.79 Å². The van der Waals surface area contributed by atoms with Crippen molar-refractivity contribution in [2.24, 2.45) is 22.7 Å². The predicted octanol–water partition coefficient (Wildman–Crippen LogP) is 7.76. The minimum absolute atomic E-state index is 0.0907. The lowest BCUT2D eigenvalue weighted by Gasteiger charge is -2.57. The second-order valence-electron chi connectivity index (χ2n) is 12.2. The molecule has 4 saturated carbocycles. The van der Waals surface area contributed by atoms with Gasteiger partial charge >= 0.3 is 0 Å². The Kier molecular flexibility index (Phi) is 5.70. The molecule has 5 fully saturated rings.